The average molecular weight is 413 g/mol. The summed E-state index contributed by atoms with van der Waals surface area (Å²) in [6, 6.07) is 10.3. The van der Waals surface area contributed by atoms with Crippen molar-refractivity contribution in [1.82, 2.24) is 4.90 Å². The molecule has 0 fully saturated rings. The molecule has 0 aliphatic rings. The predicted octanol–water partition coefficient (Wildman–Crippen LogP) is 2.23. The first-order chi connectivity index (χ1) is 14.3. The number of nitrogens with two attached hydrogens (primary N) is 1. The van der Waals surface area contributed by atoms with E-state index in [1.54, 1.807) is 26.1 Å². The molecule has 10 heteroatoms. The van der Waals surface area contributed by atoms with E-state index < -0.39 is 16.7 Å². The summed E-state index contributed by atoms with van der Waals surface area (Å²) in [5.74, 6) is -1.28. The number of nitrogens with one attached hydrogen (secondary N) is 2. The van der Waals surface area contributed by atoms with E-state index in [1.165, 1.54) is 35.2 Å². The molecule has 2 aromatic carbocycles. The first kappa shape index (κ1) is 22.3. The SMILES string of the molecule is CCN(CCC(=O)Nc1ccc(C(N)=O)cc1)C(=O)c1ccc(NC)c([N+](=O)[O-])c1. The molecule has 0 aliphatic carbocycles. The first-order valence-electron chi connectivity index (χ1n) is 9.22. The van der Waals surface area contributed by atoms with Gasteiger partial charge in [0, 0.05) is 49.4 Å². The molecule has 0 saturated heterocycles. The molecule has 4 N–H and O–H groups in total. The zero-order valence-corrected chi connectivity index (χ0v) is 16.7. The number of amides is 3. The first-order valence-corrected chi connectivity index (χ1v) is 9.22. The molecule has 3 amide bonds. The molecule has 30 heavy (non-hydrogen) atoms. The molecule has 0 atom stereocenters. The number of carbonyl (C=O) groups excluding carboxylic acids is 3. The third kappa shape index (κ3) is 5.53. The predicted molar refractivity (Wildman–Crippen MR) is 112 cm³/mol. The summed E-state index contributed by atoms with van der Waals surface area (Å²) in [5.41, 5.74) is 6.28. The third-order valence-electron chi connectivity index (χ3n) is 4.44. The molecule has 0 spiro atoms. The minimum atomic E-state index is -0.562. The lowest BCUT2D eigenvalue weighted by atomic mass is 10.1. The van der Waals surface area contributed by atoms with Crippen LogP contribution in [0.1, 0.15) is 34.1 Å². The highest BCUT2D eigenvalue weighted by atomic mass is 16.6. The summed E-state index contributed by atoms with van der Waals surface area (Å²) in [6.07, 6.45) is 0.0356. The van der Waals surface area contributed by atoms with Crippen LogP contribution in [-0.4, -0.2) is 47.7 Å². The van der Waals surface area contributed by atoms with Crippen molar-refractivity contribution in [2.45, 2.75) is 13.3 Å². The lowest BCUT2D eigenvalue weighted by molar-refractivity contribution is -0.384. The number of anilines is 2. The van der Waals surface area contributed by atoms with Crippen molar-refractivity contribution in [1.29, 1.82) is 0 Å². The number of primary amides is 1. The highest BCUT2D eigenvalue weighted by Gasteiger charge is 2.20. The fourth-order valence-corrected chi connectivity index (χ4v) is 2.79. The smallest absolute Gasteiger partial charge is 0.293 e. The Morgan fingerprint density at radius 2 is 1.73 bits per heavy atom. The minimum Gasteiger partial charge on any atom is -0.383 e. The second-order valence-electron chi connectivity index (χ2n) is 6.36. The Hall–Kier alpha value is -3.95. The highest BCUT2D eigenvalue weighted by molar-refractivity contribution is 5.97. The van der Waals surface area contributed by atoms with Gasteiger partial charge in [0.1, 0.15) is 5.69 Å². The van der Waals surface area contributed by atoms with Gasteiger partial charge in [-0.15, -0.1) is 0 Å². The molecular formula is C20H23N5O5. The van der Waals surface area contributed by atoms with Crippen LogP contribution in [0.15, 0.2) is 42.5 Å². The maximum Gasteiger partial charge on any atom is 0.293 e. The van der Waals surface area contributed by atoms with Gasteiger partial charge in [-0.05, 0) is 43.3 Å². The molecule has 0 bridgehead atoms. The fraction of sp³-hybridized carbons (Fsp3) is 0.250. The van der Waals surface area contributed by atoms with E-state index in [9.17, 15) is 24.5 Å². The number of nitrogens with zero attached hydrogens (tertiary/aromatic N) is 2. The van der Waals surface area contributed by atoms with Crippen LogP contribution in [0.5, 0.6) is 0 Å². The molecule has 0 heterocycles. The molecule has 0 radical (unpaired) electrons. The van der Waals surface area contributed by atoms with Gasteiger partial charge in [-0.25, -0.2) is 0 Å². The Labute approximate surface area is 173 Å². The summed E-state index contributed by atoms with van der Waals surface area (Å²) < 4.78 is 0. The van der Waals surface area contributed by atoms with E-state index in [4.69, 9.17) is 5.73 Å². The van der Waals surface area contributed by atoms with Gasteiger partial charge in [-0.1, -0.05) is 0 Å². The standard InChI is InChI=1S/C20H23N5O5/c1-3-24(20(28)14-6-9-16(22-2)17(12-14)25(29)30)11-10-18(26)23-15-7-4-13(5-8-15)19(21)27/h4-9,12,22H,3,10-11H2,1-2H3,(H2,21,27)(H,23,26). The Balaban J connectivity index is 2.01. The summed E-state index contributed by atoms with van der Waals surface area (Å²) in [6.45, 7) is 2.23. The Kier molecular flexibility index (Phi) is 7.45. The minimum absolute atomic E-state index is 0.0356. The maximum atomic E-state index is 12.7. The molecule has 0 saturated carbocycles. The maximum absolute atomic E-state index is 12.7. The second-order valence-corrected chi connectivity index (χ2v) is 6.36. The van der Waals surface area contributed by atoms with E-state index in [0.29, 0.717) is 23.5 Å². The molecule has 0 unspecified atom stereocenters. The quantitative estimate of drug-likeness (QED) is 0.424. The number of carbonyl (C=O) groups is 3. The normalized spacial score (nSPS) is 10.2. The molecule has 10 nitrogen and oxygen atoms in total. The summed E-state index contributed by atoms with van der Waals surface area (Å²) >= 11 is 0. The van der Waals surface area contributed by atoms with Crippen molar-refractivity contribution in [2.75, 3.05) is 30.8 Å². The van der Waals surface area contributed by atoms with Gasteiger partial charge >= 0.3 is 0 Å². The van der Waals surface area contributed by atoms with Gasteiger partial charge in [0.25, 0.3) is 11.6 Å². The largest absolute Gasteiger partial charge is 0.383 e. The summed E-state index contributed by atoms with van der Waals surface area (Å²) in [7, 11) is 1.56. The summed E-state index contributed by atoms with van der Waals surface area (Å²) in [5, 5.41) is 16.6. The lowest BCUT2D eigenvalue weighted by Crippen LogP contribution is -2.33. The fourth-order valence-electron chi connectivity index (χ4n) is 2.79. The van der Waals surface area contributed by atoms with Crippen LogP contribution in [0, 0.1) is 10.1 Å². The number of hydrogen-bond donors (Lipinski definition) is 3. The lowest BCUT2D eigenvalue weighted by Gasteiger charge is -2.21. The zero-order valence-electron chi connectivity index (χ0n) is 16.7. The van der Waals surface area contributed by atoms with Crippen LogP contribution in [0.25, 0.3) is 0 Å². The van der Waals surface area contributed by atoms with Crippen molar-refractivity contribution in [3.05, 3.63) is 63.7 Å². The van der Waals surface area contributed by atoms with Crippen molar-refractivity contribution in [3.8, 4) is 0 Å². The Morgan fingerprint density at radius 1 is 1.10 bits per heavy atom. The third-order valence-corrected chi connectivity index (χ3v) is 4.44. The van der Waals surface area contributed by atoms with Gasteiger partial charge < -0.3 is 21.3 Å². The molecule has 2 aromatic rings. The van der Waals surface area contributed by atoms with Crippen LogP contribution in [0.3, 0.4) is 0 Å². The van der Waals surface area contributed by atoms with Gasteiger partial charge in [-0.2, -0.15) is 0 Å². The van der Waals surface area contributed by atoms with E-state index in [-0.39, 0.29) is 30.1 Å². The number of benzene rings is 2. The van der Waals surface area contributed by atoms with Crippen LogP contribution in [0.4, 0.5) is 17.1 Å². The monoisotopic (exact) mass is 413 g/mol. The van der Waals surface area contributed by atoms with Crippen LogP contribution < -0.4 is 16.4 Å². The number of nitro benzene ring substituents is 1. The van der Waals surface area contributed by atoms with Crippen LogP contribution in [0.2, 0.25) is 0 Å². The van der Waals surface area contributed by atoms with Gasteiger partial charge in [-0.3, -0.25) is 24.5 Å². The van der Waals surface area contributed by atoms with Crippen molar-refractivity contribution >= 4 is 34.8 Å². The number of nitro groups is 1. The molecule has 0 aromatic heterocycles. The Bertz CT molecular complexity index is 959. The van der Waals surface area contributed by atoms with E-state index >= 15 is 0 Å². The number of rotatable bonds is 9. The molecular weight excluding hydrogens is 390 g/mol. The summed E-state index contributed by atoms with van der Waals surface area (Å²) in [4.78, 5) is 48.1. The zero-order chi connectivity index (χ0) is 22.3. The highest BCUT2D eigenvalue weighted by Crippen LogP contribution is 2.25. The van der Waals surface area contributed by atoms with E-state index in [2.05, 4.69) is 10.6 Å². The van der Waals surface area contributed by atoms with Crippen molar-refractivity contribution in [3.63, 3.8) is 0 Å². The van der Waals surface area contributed by atoms with Crippen molar-refractivity contribution < 1.29 is 19.3 Å². The van der Waals surface area contributed by atoms with Crippen LogP contribution >= 0.6 is 0 Å². The number of hydrogen-bond acceptors (Lipinski definition) is 6. The Morgan fingerprint density at radius 3 is 2.27 bits per heavy atom. The van der Waals surface area contributed by atoms with Crippen molar-refractivity contribution in [2.24, 2.45) is 5.73 Å². The molecule has 158 valence electrons. The van der Waals surface area contributed by atoms with Gasteiger partial charge in [0.15, 0.2) is 0 Å². The second kappa shape index (κ2) is 10.0. The van der Waals surface area contributed by atoms with E-state index in [0.717, 1.165) is 0 Å². The topological polar surface area (TPSA) is 148 Å². The van der Waals surface area contributed by atoms with Gasteiger partial charge in [0.2, 0.25) is 11.8 Å². The van der Waals surface area contributed by atoms with Crippen LogP contribution in [-0.2, 0) is 4.79 Å². The molecule has 2 rings (SSSR count). The van der Waals surface area contributed by atoms with Gasteiger partial charge in [0.05, 0.1) is 4.92 Å². The molecule has 0 aliphatic heterocycles. The average Bonchev–Trinajstić information content (AvgIpc) is 2.73. The van der Waals surface area contributed by atoms with E-state index in [1.807, 2.05) is 0 Å².